The van der Waals surface area contributed by atoms with Crippen LogP contribution in [0, 0.1) is 17.1 Å². The number of rotatable bonds is 3. The summed E-state index contributed by atoms with van der Waals surface area (Å²) < 4.78 is 19.1. The number of anilines is 1. The zero-order valence-electron chi connectivity index (χ0n) is 12.6. The van der Waals surface area contributed by atoms with Gasteiger partial charge in [-0.1, -0.05) is 25.1 Å². The Hall–Kier alpha value is -2.42. The summed E-state index contributed by atoms with van der Waals surface area (Å²) in [5.74, 6) is 0.873. The third kappa shape index (κ3) is 2.43. The maximum atomic E-state index is 13.8. The molecule has 0 radical (unpaired) electrons. The first-order chi connectivity index (χ1) is 10.6. The van der Waals surface area contributed by atoms with E-state index in [-0.39, 0.29) is 17.5 Å². The second-order valence-corrected chi connectivity index (χ2v) is 5.74. The standard InChI is InChI=1S/C16H17FN4O/c1-10(2)16-19-15(20-22-16)14-7-4-8-21(14)13-6-3-5-12(17)11(13)9-18/h3,5-6,10,14H,4,7-8H2,1-2H3/t14-/m0/s1. The first-order valence-corrected chi connectivity index (χ1v) is 7.40. The van der Waals surface area contributed by atoms with Gasteiger partial charge in [0.1, 0.15) is 17.4 Å². The zero-order chi connectivity index (χ0) is 15.7. The van der Waals surface area contributed by atoms with Crippen molar-refractivity contribution in [2.75, 3.05) is 11.4 Å². The van der Waals surface area contributed by atoms with Gasteiger partial charge in [-0.3, -0.25) is 0 Å². The molecule has 2 aromatic rings. The lowest BCUT2D eigenvalue weighted by Crippen LogP contribution is -2.24. The molecule has 0 saturated carbocycles. The number of halogens is 1. The van der Waals surface area contributed by atoms with Crippen LogP contribution in [-0.4, -0.2) is 16.7 Å². The molecule has 1 aromatic heterocycles. The van der Waals surface area contributed by atoms with Crippen LogP contribution in [0.3, 0.4) is 0 Å². The molecule has 0 N–H and O–H groups in total. The average molecular weight is 300 g/mol. The molecule has 3 rings (SSSR count). The quantitative estimate of drug-likeness (QED) is 0.867. The lowest BCUT2D eigenvalue weighted by molar-refractivity contribution is 0.358. The molecular weight excluding hydrogens is 283 g/mol. The predicted octanol–water partition coefficient (Wildman–Crippen LogP) is 3.55. The Bertz CT molecular complexity index is 719. The molecule has 22 heavy (non-hydrogen) atoms. The van der Waals surface area contributed by atoms with E-state index in [9.17, 15) is 9.65 Å². The molecule has 0 spiro atoms. The smallest absolute Gasteiger partial charge is 0.229 e. The van der Waals surface area contributed by atoms with Crippen LogP contribution in [0.25, 0.3) is 0 Å². The van der Waals surface area contributed by atoms with Gasteiger partial charge in [0.25, 0.3) is 0 Å². The lowest BCUT2D eigenvalue weighted by atomic mass is 10.1. The SMILES string of the molecule is CC(C)c1nc([C@@H]2CCCN2c2cccc(F)c2C#N)no1. The van der Waals surface area contributed by atoms with Crippen molar-refractivity contribution in [2.24, 2.45) is 0 Å². The van der Waals surface area contributed by atoms with Crippen LogP contribution >= 0.6 is 0 Å². The number of hydrogen-bond acceptors (Lipinski definition) is 5. The van der Waals surface area contributed by atoms with Crippen molar-refractivity contribution >= 4 is 5.69 Å². The highest BCUT2D eigenvalue weighted by atomic mass is 19.1. The molecule has 114 valence electrons. The molecule has 1 fully saturated rings. The van der Waals surface area contributed by atoms with Crippen molar-refractivity contribution in [1.82, 2.24) is 10.1 Å². The highest BCUT2D eigenvalue weighted by Gasteiger charge is 2.32. The Kier molecular flexibility index (Phi) is 3.80. The van der Waals surface area contributed by atoms with Gasteiger partial charge in [0, 0.05) is 12.5 Å². The Balaban J connectivity index is 1.97. The van der Waals surface area contributed by atoms with Gasteiger partial charge in [-0.15, -0.1) is 0 Å². The van der Waals surface area contributed by atoms with Gasteiger partial charge in [-0.2, -0.15) is 10.2 Å². The van der Waals surface area contributed by atoms with E-state index in [1.807, 2.05) is 24.8 Å². The molecular formula is C16H17FN4O. The Labute approximate surface area is 128 Å². The van der Waals surface area contributed by atoms with Crippen LogP contribution in [0.1, 0.15) is 55.9 Å². The molecule has 1 aromatic carbocycles. The monoisotopic (exact) mass is 300 g/mol. The van der Waals surface area contributed by atoms with Crippen molar-refractivity contribution in [3.05, 3.63) is 41.3 Å². The summed E-state index contributed by atoms with van der Waals surface area (Å²) in [7, 11) is 0. The van der Waals surface area contributed by atoms with Crippen molar-refractivity contribution in [3.63, 3.8) is 0 Å². The molecule has 0 bridgehead atoms. The van der Waals surface area contributed by atoms with E-state index in [0.29, 0.717) is 17.4 Å². The molecule has 1 aliphatic heterocycles. The van der Waals surface area contributed by atoms with Crippen molar-refractivity contribution in [3.8, 4) is 6.07 Å². The molecule has 5 nitrogen and oxygen atoms in total. The fourth-order valence-corrected chi connectivity index (χ4v) is 2.80. The number of nitriles is 1. The summed E-state index contributed by atoms with van der Waals surface area (Å²) in [4.78, 5) is 6.45. The van der Waals surface area contributed by atoms with Crippen LogP contribution in [-0.2, 0) is 0 Å². The van der Waals surface area contributed by atoms with E-state index >= 15 is 0 Å². The minimum absolute atomic E-state index is 0.0713. The fraction of sp³-hybridized carbons (Fsp3) is 0.438. The summed E-state index contributed by atoms with van der Waals surface area (Å²) in [6.07, 6.45) is 1.80. The minimum Gasteiger partial charge on any atom is -0.360 e. The van der Waals surface area contributed by atoms with Gasteiger partial charge in [-0.05, 0) is 25.0 Å². The first kappa shape index (κ1) is 14.5. The van der Waals surface area contributed by atoms with Crippen LogP contribution in [0.2, 0.25) is 0 Å². The Morgan fingerprint density at radius 1 is 1.45 bits per heavy atom. The van der Waals surface area contributed by atoms with Gasteiger partial charge < -0.3 is 9.42 Å². The molecule has 1 atom stereocenters. The normalized spacial score (nSPS) is 18.0. The number of aromatic nitrogens is 2. The largest absolute Gasteiger partial charge is 0.360 e. The predicted molar refractivity (Wildman–Crippen MR) is 78.8 cm³/mol. The summed E-state index contributed by atoms with van der Waals surface area (Å²) in [6, 6.07) is 6.57. The highest BCUT2D eigenvalue weighted by Crippen LogP contribution is 2.37. The van der Waals surface area contributed by atoms with E-state index in [2.05, 4.69) is 10.1 Å². The van der Waals surface area contributed by atoms with Crippen molar-refractivity contribution in [1.29, 1.82) is 5.26 Å². The molecule has 0 aliphatic carbocycles. The molecule has 2 heterocycles. The maximum absolute atomic E-state index is 13.8. The number of benzene rings is 1. The molecule has 0 unspecified atom stereocenters. The van der Waals surface area contributed by atoms with Crippen LogP contribution in [0.4, 0.5) is 10.1 Å². The highest BCUT2D eigenvalue weighted by molar-refractivity contribution is 5.61. The van der Waals surface area contributed by atoms with Gasteiger partial charge in [-0.25, -0.2) is 4.39 Å². The van der Waals surface area contributed by atoms with E-state index < -0.39 is 5.82 Å². The Morgan fingerprint density at radius 2 is 2.27 bits per heavy atom. The summed E-state index contributed by atoms with van der Waals surface area (Å²) >= 11 is 0. The second kappa shape index (κ2) is 5.76. The second-order valence-electron chi connectivity index (χ2n) is 5.74. The van der Waals surface area contributed by atoms with Gasteiger partial charge >= 0.3 is 0 Å². The van der Waals surface area contributed by atoms with E-state index in [4.69, 9.17) is 4.52 Å². The van der Waals surface area contributed by atoms with E-state index in [1.165, 1.54) is 6.07 Å². The van der Waals surface area contributed by atoms with Crippen LogP contribution in [0.15, 0.2) is 22.7 Å². The molecule has 6 heteroatoms. The van der Waals surface area contributed by atoms with Gasteiger partial charge in [0.15, 0.2) is 5.82 Å². The molecule has 1 aliphatic rings. The number of nitrogens with zero attached hydrogens (tertiary/aromatic N) is 4. The third-order valence-electron chi connectivity index (χ3n) is 3.92. The molecule has 1 saturated heterocycles. The van der Waals surface area contributed by atoms with Crippen molar-refractivity contribution in [2.45, 2.75) is 38.6 Å². The van der Waals surface area contributed by atoms with E-state index in [1.54, 1.807) is 12.1 Å². The van der Waals surface area contributed by atoms with Crippen LogP contribution < -0.4 is 4.90 Å². The third-order valence-corrected chi connectivity index (χ3v) is 3.92. The average Bonchev–Trinajstić information content (AvgIpc) is 3.15. The minimum atomic E-state index is -0.498. The zero-order valence-corrected chi connectivity index (χ0v) is 12.6. The summed E-state index contributed by atoms with van der Waals surface area (Å²) in [5.41, 5.74) is 0.669. The summed E-state index contributed by atoms with van der Waals surface area (Å²) in [6.45, 7) is 4.72. The first-order valence-electron chi connectivity index (χ1n) is 7.40. The van der Waals surface area contributed by atoms with Gasteiger partial charge in [0.05, 0.1) is 11.7 Å². The fourth-order valence-electron chi connectivity index (χ4n) is 2.80. The van der Waals surface area contributed by atoms with E-state index in [0.717, 1.165) is 19.4 Å². The lowest BCUT2D eigenvalue weighted by Gasteiger charge is -2.25. The Morgan fingerprint density at radius 3 is 2.95 bits per heavy atom. The number of hydrogen-bond donors (Lipinski definition) is 0. The van der Waals surface area contributed by atoms with Crippen LogP contribution in [0.5, 0.6) is 0 Å². The molecule has 0 amide bonds. The van der Waals surface area contributed by atoms with Gasteiger partial charge in [0.2, 0.25) is 5.89 Å². The maximum Gasteiger partial charge on any atom is 0.229 e. The topological polar surface area (TPSA) is 66.0 Å². The van der Waals surface area contributed by atoms with Crippen molar-refractivity contribution < 1.29 is 8.91 Å². The summed E-state index contributed by atoms with van der Waals surface area (Å²) in [5, 5.41) is 13.3.